The number of rotatable bonds is 4. The highest BCUT2D eigenvalue weighted by Gasteiger charge is 2.31. The number of carbonyl (C=O) groups is 2. The molecule has 3 N–H and O–H groups in total. The molecular weight excluding hydrogens is 389 g/mol. The summed E-state index contributed by atoms with van der Waals surface area (Å²) in [6, 6.07) is 12.4. The summed E-state index contributed by atoms with van der Waals surface area (Å²) in [5.41, 5.74) is -1.86. The number of amides is 2. The van der Waals surface area contributed by atoms with Gasteiger partial charge in [-0.1, -0.05) is 18.2 Å². The molecule has 0 spiro atoms. The Bertz CT molecular complexity index is 1010. The lowest BCUT2D eigenvalue weighted by molar-refractivity contribution is -0.137. The molecule has 0 aliphatic heterocycles. The van der Waals surface area contributed by atoms with Crippen molar-refractivity contribution in [2.24, 2.45) is 0 Å². The van der Waals surface area contributed by atoms with Crippen LogP contribution in [0.25, 0.3) is 11.0 Å². The van der Waals surface area contributed by atoms with Gasteiger partial charge >= 0.3 is 18.0 Å². The molecule has 1 atom stereocenters. The van der Waals surface area contributed by atoms with Crippen LogP contribution in [0.3, 0.4) is 0 Å². The molecule has 0 fully saturated rings. The number of aliphatic hydroxyl groups is 1. The van der Waals surface area contributed by atoms with Gasteiger partial charge in [-0.05, 0) is 43.3 Å². The summed E-state index contributed by atoms with van der Waals surface area (Å²) in [6.45, 7) is 1.10. The molecule has 0 bridgehead atoms. The minimum absolute atomic E-state index is 0.0298. The number of fused-ring (bicyclic) bond motifs is 1. The molecule has 0 saturated heterocycles. The number of para-hydroxylation sites is 1. The van der Waals surface area contributed by atoms with Crippen LogP contribution in [-0.2, 0) is 21.4 Å². The van der Waals surface area contributed by atoms with Crippen LogP contribution in [0.4, 0.5) is 18.9 Å². The van der Waals surface area contributed by atoms with E-state index in [1.54, 1.807) is 24.3 Å². The maximum Gasteiger partial charge on any atom is 0.416 e. The molecule has 6 nitrogen and oxygen atoms in total. The van der Waals surface area contributed by atoms with Gasteiger partial charge < -0.3 is 20.2 Å². The number of alkyl halides is 3. The van der Waals surface area contributed by atoms with E-state index in [2.05, 4.69) is 10.6 Å². The van der Waals surface area contributed by atoms with Crippen LogP contribution in [0.1, 0.15) is 18.2 Å². The lowest BCUT2D eigenvalue weighted by Gasteiger charge is -2.20. The molecule has 152 valence electrons. The van der Waals surface area contributed by atoms with E-state index in [1.165, 1.54) is 6.92 Å². The number of hydrogen-bond acceptors (Lipinski definition) is 4. The topological polar surface area (TPSA) is 91.6 Å². The van der Waals surface area contributed by atoms with E-state index in [0.717, 1.165) is 29.7 Å². The van der Waals surface area contributed by atoms with Crippen LogP contribution in [0.5, 0.6) is 0 Å². The van der Waals surface area contributed by atoms with Crippen molar-refractivity contribution < 1.29 is 32.3 Å². The maximum absolute atomic E-state index is 12.5. The lowest BCUT2D eigenvalue weighted by atomic mass is 10.0. The molecule has 3 aromatic rings. The summed E-state index contributed by atoms with van der Waals surface area (Å²) in [7, 11) is 0. The Labute approximate surface area is 163 Å². The normalized spacial score (nSPS) is 13.7. The summed E-state index contributed by atoms with van der Waals surface area (Å²) < 4.78 is 43.2. The Morgan fingerprint density at radius 2 is 1.69 bits per heavy atom. The third-order valence-corrected chi connectivity index (χ3v) is 4.23. The van der Waals surface area contributed by atoms with Gasteiger partial charge in [-0.25, -0.2) is 0 Å². The first-order chi connectivity index (χ1) is 13.6. The van der Waals surface area contributed by atoms with Crippen LogP contribution in [0, 0.1) is 0 Å². The summed E-state index contributed by atoms with van der Waals surface area (Å²) in [5.74, 6) is -1.92. The number of hydrogen-bond donors (Lipinski definition) is 3. The Kier molecular flexibility index (Phi) is 5.34. The first-order valence-corrected chi connectivity index (χ1v) is 8.54. The van der Waals surface area contributed by atoms with E-state index < -0.39 is 29.2 Å². The number of halogens is 3. The zero-order valence-electron chi connectivity index (χ0n) is 15.2. The Morgan fingerprint density at radius 1 is 1.03 bits per heavy atom. The molecule has 0 aliphatic carbocycles. The number of anilines is 1. The summed E-state index contributed by atoms with van der Waals surface area (Å²) in [6.07, 6.45) is -4.50. The molecule has 29 heavy (non-hydrogen) atoms. The van der Waals surface area contributed by atoms with Crippen molar-refractivity contribution in [3.8, 4) is 0 Å². The summed E-state index contributed by atoms with van der Waals surface area (Å²) in [4.78, 5) is 23.9. The van der Waals surface area contributed by atoms with Crippen molar-refractivity contribution in [2.75, 3.05) is 11.9 Å². The SMILES string of the molecule is CC(O)(CNC(=O)C(=O)Nc1ccc(C(F)(F)F)cc1)c1cc2ccccc2o1. The van der Waals surface area contributed by atoms with Gasteiger partial charge in [0.05, 0.1) is 12.1 Å². The fourth-order valence-electron chi connectivity index (χ4n) is 2.60. The average Bonchev–Trinajstić information content (AvgIpc) is 3.11. The van der Waals surface area contributed by atoms with Crippen molar-refractivity contribution in [2.45, 2.75) is 18.7 Å². The molecule has 0 saturated carbocycles. The fraction of sp³-hybridized carbons (Fsp3) is 0.200. The predicted molar refractivity (Wildman–Crippen MR) is 98.9 cm³/mol. The van der Waals surface area contributed by atoms with E-state index in [9.17, 15) is 27.9 Å². The van der Waals surface area contributed by atoms with Gasteiger partial charge in [-0.2, -0.15) is 13.2 Å². The quantitative estimate of drug-likeness (QED) is 0.579. The van der Waals surface area contributed by atoms with Crippen LogP contribution >= 0.6 is 0 Å². The molecule has 1 heterocycles. The third-order valence-electron chi connectivity index (χ3n) is 4.23. The zero-order chi connectivity index (χ0) is 21.2. The molecule has 0 radical (unpaired) electrons. The van der Waals surface area contributed by atoms with Crippen LogP contribution in [0.2, 0.25) is 0 Å². The first-order valence-electron chi connectivity index (χ1n) is 8.54. The summed E-state index contributed by atoms with van der Waals surface area (Å²) >= 11 is 0. The molecule has 9 heteroatoms. The average molecular weight is 406 g/mol. The Hall–Kier alpha value is -3.33. The second kappa shape index (κ2) is 7.59. The van der Waals surface area contributed by atoms with Crippen LogP contribution in [0.15, 0.2) is 59.0 Å². The second-order valence-corrected chi connectivity index (χ2v) is 6.63. The molecule has 1 aromatic heterocycles. The molecule has 2 amide bonds. The maximum atomic E-state index is 12.5. The fourth-order valence-corrected chi connectivity index (χ4v) is 2.60. The van der Waals surface area contributed by atoms with Gasteiger partial charge in [0.1, 0.15) is 16.9 Å². The number of benzene rings is 2. The van der Waals surface area contributed by atoms with Gasteiger partial charge in [-0.3, -0.25) is 9.59 Å². The smallest absolute Gasteiger partial charge is 0.416 e. The number of furan rings is 1. The third kappa shape index (κ3) is 4.75. The van der Waals surface area contributed by atoms with E-state index in [4.69, 9.17) is 4.42 Å². The molecular formula is C20H17F3N2O4. The van der Waals surface area contributed by atoms with Crippen molar-refractivity contribution in [1.82, 2.24) is 5.32 Å². The predicted octanol–water partition coefficient (Wildman–Crippen LogP) is 3.41. The van der Waals surface area contributed by atoms with Crippen LogP contribution < -0.4 is 10.6 Å². The van der Waals surface area contributed by atoms with Gasteiger partial charge in [0.2, 0.25) is 0 Å². The first kappa shape index (κ1) is 20.4. The molecule has 0 aliphatic rings. The largest absolute Gasteiger partial charge is 0.458 e. The van der Waals surface area contributed by atoms with E-state index >= 15 is 0 Å². The van der Waals surface area contributed by atoms with E-state index in [-0.39, 0.29) is 18.0 Å². The van der Waals surface area contributed by atoms with Gasteiger partial charge in [0, 0.05) is 11.1 Å². The minimum Gasteiger partial charge on any atom is -0.458 e. The molecule has 1 unspecified atom stereocenters. The highest BCUT2D eigenvalue weighted by atomic mass is 19.4. The van der Waals surface area contributed by atoms with Crippen molar-refractivity contribution in [3.05, 3.63) is 65.9 Å². The lowest BCUT2D eigenvalue weighted by Crippen LogP contribution is -2.43. The highest BCUT2D eigenvalue weighted by molar-refractivity contribution is 6.39. The Morgan fingerprint density at radius 3 is 2.31 bits per heavy atom. The monoisotopic (exact) mass is 406 g/mol. The number of nitrogens with one attached hydrogen (secondary N) is 2. The Balaban J connectivity index is 1.59. The van der Waals surface area contributed by atoms with Crippen molar-refractivity contribution >= 4 is 28.5 Å². The number of carbonyl (C=O) groups excluding carboxylic acids is 2. The summed E-state index contributed by atoms with van der Waals surface area (Å²) in [5, 5.41) is 15.8. The molecule has 2 aromatic carbocycles. The standard InChI is InChI=1S/C20H17F3N2O4/c1-19(28,16-10-12-4-2-3-5-15(12)29-16)11-24-17(26)18(27)25-14-8-6-13(7-9-14)20(21,22)23/h2-10,28H,11H2,1H3,(H,24,26)(H,25,27). The van der Waals surface area contributed by atoms with Crippen molar-refractivity contribution in [3.63, 3.8) is 0 Å². The van der Waals surface area contributed by atoms with Gasteiger partial charge in [-0.15, -0.1) is 0 Å². The van der Waals surface area contributed by atoms with E-state index in [1.807, 2.05) is 6.07 Å². The van der Waals surface area contributed by atoms with E-state index in [0.29, 0.717) is 5.58 Å². The van der Waals surface area contributed by atoms with Crippen LogP contribution in [-0.4, -0.2) is 23.5 Å². The zero-order valence-corrected chi connectivity index (χ0v) is 15.2. The van der Waals surface area contributed by atoms with Gasteiger partial charge in [0.25, 0.3) is 0 Å². The minimum atomic E-state index is -4.50. The second-order valence-electron chi connectivity index (χ2n) is 6.63. The van der Waals surface area contributed by atoms with Crippen molar-refractivity contribution in [1.29, 1.82) is 0 Å². The molecule has 3 rings (SSSR count). The highest BCUT2D eigenvalue weighted by Crippen LogP contribution is 2.30. The van der Waals surface area contributed by atoms with Gasteiger partial charge in [0.15, 0.2) is 0 Å².